The molecule has 3 rings (SSSR count). The van der Waals surface area contributed by atoms with E-state index in [1.54, 1.807) is 30.4 Å². The van der Waals surface area contributed by atoms with Gasteiger partial charge in [0.25, 0.3) is 0 Å². The first-order chi connectivity index (χ1) is 11.3. The van der Waals surface area contributed by atoms with Crippen LogP contribution in [0, 0.1) is 0 Å². The monoisotopic (exact) mass is 329 g/mol. The maximum Gasteiger partial charge on any atom is 0.338 e. The number of carbonyl (C=O) groups excluding carboxylic acids is 1. The number of carbonyl (C=O) groups is 1. The van der Waals surface area contributed by atoms with Crippen molar-refractivity contribution in [2.75, 3.05) is 11.9 Å². The summed E-state index contributed by atoms with van der Waals surface area (Å²) in [6.07, 6.45) is 0. The second-order valence-corrected chi connectivity index (χ2v) is 5.59. The number of hydrogen-bond acceptors (Lipinski definition) is 7. The number of nitrogens with zero attached hydrogens (tertiary/aromatic N) is 2. The average molecular weight is 329 g/mol. The lowest BCUT2D eigenvalue weighted by molar-refractivity contribution is 0.0526. The molecule has 7 heteroatoms. The van der Waals surface area contributed by atoms with Crippen molar-refractivity contribution in [1.82, 2.24) is 10.1 Å². The Kier molecular flexibility index (Phi) is 4.68. The van der Waals surface area contributed by atoms with Gasteiger partial charge in [-0.15, -0.1) is 11.3 Å². The van der Waals surface area contributed by atoms with Crippen molar-refractivity contribution in [2.24, 2.45) is 0 Å². The lowest BCUT2D eigenvalue weighted by Gasteiger charge is -2.05. The molecule has 0 unspecified atom stereocenters. The van der Waals surface area contributed by atoms with Crippen molar-refractivity contribution in [2.45, 2.75) is 13.5 Å². The van der Waals surface area contributed by atoms with Gasteiger partial charge in [0, 0.05) is 5.69 Å². The van der Waals surface area contributed by atoms with E-state index in [9.17, 15) is 4.79 Å². The molecule has 0 saturated heterocycles. The molecule has 0 saturated carbocycles. The Balaban J connectivity index is 1.59. The zero-order valence-electron chi connectivity index (χ0n) is 12.5. The van der Waals surface area contributed by atoms with Crippen LogP contribution in [0.3, 0.4) is 0 Å². The first-order valence-corrected chi connectivity index (χ1v) is 8.01. The Morgan fingerprint density at radius 1 is 1.30 bits per heavy atom. The number of anilines is 1. The molecule has 1 N–H and O–H groups in total. The van der Waals surface area contributed by atoms with E-state index in [1.165, 1.54) is 0 Å². The quantitative estimate of drug-likeness (QED) is 0.696. The molecule has 0 bridgehead atoms. The van der Waals surface area contributed by atoms with Gasteiger partial charge in [0.15, 0.2) is 0 Å². The highest BCUT2D eigenvalue weighted by molar-refractivity contribution is 7.13. The molecular formula is C16H15N3O3S. The minimum atomic E-state index is -0.323. The summed E-state index contributed by atoms with van der Waals surface area (Å²) >= 11 is 1.56. The first kappa shape index (κ1) is 15.2. The van der Waals surface area contributed by atoms with Crippen LogP contribution in [-0.2, 0) is 11.3 Å². The van der Waals surface area contributed by atoms with Crippen LogP contribution in [0.25, 0.3) is 10.7 Å². The highest BCUT2D eigenvalue weighted by atomic mass is 32.1. The van der Waals surface area contributed by atoms with Gasteiger partial charge in [0.1, 0.15) is 0 Å². The Morgan fingerprint density at radius 3 is 2.83 bits per heavy atom. The van der Waals surface area contributed by atoms with Gasteiger partial charge in [0.05, 0.1) is 23.6 Å². The minimum absolute atomic E-state index is 0.323. The fourth-order valence-electron chi connectivity index (χ4n) is 1.95. The summed E-state index contributed by atoms with van der Waals surface area (Å²) < 4.78 is 10.2. The molecular weight excluding hydrogens is 314 g/mol. The third-order valence-corrected chi connectivity index (χ3v) is 3.92. The maximum absolute atomic E-state index is 11.6. The number of thiophene rings is 1. The molecule has 0 atom stereocenters. The van der Waals surface area contributed by atoms with Crippen LogP contribution >= 0.6 is 11.3 Å². The molecule has 0 aliphatic carbocycles. The number of esters is 1. The van der Waals surface area contributed by atoms with Crippen LogP contribution in [0.4, 0.5) is 5.69 Å². The number of ether oxygens (including phenoxy) is 1. The number of rotatable bonds is 6. The summed E-state index contributed by atoms with van der Waals surface area (Å²) in [6.45, 7) is 2.56. The van der Waals surface area contributed by atoms with Gasteiger partial charge in [-0.05, 0) is 42.6 Å². The van der Waals surface area contributed by atoms with Gasteiger partial charge >= 0.3 is 5.97 Å². The third-order valence-electron chi connectivity index (χ3n) is 3.05. The predicted octanol–water partition coefficient (Wildman–Crippen LogP) is 3.59. The Morgan fingerprint density at radius 2 is 2.13 bits per heavy atom. The van der Waals surface area contributed by atoms with Crippen LogP contribution in [0.2, 0.25) is 0 Å². The summed E-state index contributed by atoms with van der Waals surface area (Å²) in [7, 11) is 0. The maximum atomic E-state index is 11.6. The predicted molar refractivity (Wildman–Crippen MR) is 87.3 cm³/mol. The van der Waals surface area contributed by atoms with E-state index in [0.717, 1.165) is 10.6 Å². The second kappa shape index (κ2) is 7.06. The summed E-state index contributed by atoms with van der Waals surface area (Å²) in [5.41, 5.74) is 1.38. The van der Waals surface area contributed by atoms with Crippen LogP contribution in [-0.4, -0.2) is 22.7 Å². The standard InChI is InChI=1S/C16H15N3O3S/c1-2-21-16(20)11-5-7-12(8-6-11)17-10-14-18-15(19-22-14)13-4-3-9-23-13/h3-9,17H,2,10H2,1H3. The zero-order valence-corrected chi connectivity index (χ0v) is 13.3. The highest BCUT2D eigenvalue weighted by Gasteiger charge is 2.09. The minimum Gasteiger partial charge on any atom is -0.462 e. The molecule has 3 aromatic rings. The van der Waals surface area contributed by atoms with Crippen LogP contribution in [0.1, 0.15) is 23.2 Å². The molecule has 0 aliphatic rings. The summed E-state index contributed by atoms with van der Waals surface area (Å²) in [5.74, 6) is 0.772. The molecule has 0 fully saturated rings. The van der Waals surface area contributed by atoms with E-state index in [0.29, 0.717) is 30.4 Å². The summed E-state index contributed by atoms with van der Waals surface area (Å²) in [4.78, 5) is 16.9. The Hall–Kier alpha value is -2.67. The van der Waals surface area contributed by atoms with E-state index in [-0.39, 0.29) is 5.97 Å². The lowest BCUT2D eigenvalue weighted by Crippen LogP contribution is -2.05. The van der Waals surface area contributed by atoms with Gasteiger partial charge in [-0.25, -0.2) is 4.79 Å². The van der Waals surface area contributed by atoms with E-state index < -0.39 is 0 Å². The number of aromatic nitrogens is 2. The smallest absolute Gasteiger partial charge is 0.338 e. The first-order valence-electron chi connectivity index (χ1n) is 7.14. The van der Waals surface area contributed by atoms with E-state index >= 15 is 0 Å². The van der Waals surface area contributed by atoms with Crippen molar-refractivity contribution in [3.8, 4) is 10.7 Å². The van der Waals surface area contributed by atoms with Gasteiger partial charge in [-0.3, -0.25) is 0 Å². The molecule has 0 radical (unpaired) electrons. The molecule has 2 heterocycles. The van der Waals surface area contributed by atoms with Gasteiger partial charge in [-0.1, -0.05) is 11.2 Å². The van der Waals surface area contributed by atoms with Gasteiger partial charge < -0.3 is 14.6 Å². The highest BCUT2D eigenvalue weighted by Crippen LogP contribution is 2.21. The van der Waals surface area contributed by atoms with Crippen molar-refractivity contribution < 1.29 is 14.1 Å². The molecule has 23 heavy (non-hydrogen) atoms. The van der Waals surface area contributed by atoms with Gasteiger partial charge in [-0.2, -0.15) is 4.98 Å². The van der Waals surface area contributed by atoms with E-state index in [2.05, 4.69) is 15.5 Å². The molecule has 118 valence electrons. The number of benzene rings is 1. The van der Waals surface area contributed by atoms with Crippen molar-refractivity contribution in [3.05, 3.63) is 53.2 Å². The lowest BCUT2D eigenvalue weighted by atomic mass is 10.2. The molecule has 0 amide bonds. The fraction of sp³-hybridized carbons (Fsp3) is 0.188. The SMILES string of the molecule is CCOC(=O)c1ccc(NCc2nc(-c3cccs3)no2)cc1. The molecule has 2 aromatic heterocycles. The molecule has 1 aromatic carbocycles. The Bertz CT molecular complexity index is 766. The van der Waals surface area contributed by atoms with Crippen molar-refractivity contribution in [1.29, 1.82) is 0 Å². The van der Waals surface area contributed by atoms with E-state index in [4.69, 9.17) is 9.26 Å². The second-order valence-electron chi connectivity index (χ2n) is 4.64. The molecule has 6 nitrogen and oxygen atoms in total. The van der Waals surface area contributed by atoms with E-state index in [1.807, 2.05) is 29.6 Å². The Labute approximate surface area is 137 Å². The zero-order chi connectivity index (χ0) is 16.1. The number of hydrogen-bond donors (Lipinski definition) is 1. The molecule has 0 spiro atoms. The normalized spacial score (nSPS) is 10.5. The topological polar surface area (TPSA) is 77.2 Å². The third kappa shape index (κ3) is 3.75. The van der Waals surface area contributed by atoms with Crippen LogP contribution in [0.15, 0.2) is 46.3 Å². The van der Waals surface area contributed by atoms with Crippen molar-refractivity contribution >= 4 is 23.0 Å². The van der Waals surface area contributed by atoms with Crippen LogP contribution < -0.4 is 5.32 Å². The summed E-state index contributed by atoms with van der Waals surface area (Å²) in [5, 5.41) is 9.09. The van der Waals surface area contributed by atoms with Crippen LogP contribution in [0.5, 0.6) is 0 Å². The average Bonchev–Trinajstić information content (AvgIpc) is 3.25. The fourth-order valence-corrected chi connectivity index (χ4v) is 2.60. The van der Waals surface area contributed by atoms with Gasteiger partial charge in [0.2, 0.25) is 11.7 Å². The largest absolute Gasteiger partial charge is 0.462 e. The molecule has 0 aliphatic heterocycles. The number of nitrogens with one attached hydrogen (secondary N) is 1. The summed E-state index contributed by atoms with van der Waals surface area (Å²) in [6, 6.07) is 10.9. The van der Waals surface area contributed by atoms with Crippen molar-refractivity contribution in [3.63, 3.8) is 0 Å².